The van der Waals surface area contributed by atoms with Crippen LogP contribution in [0.4, 0.5) is 5.69 Å². The number of anilines is 1. The van der Waals surface area contributed by atoms with Crippen LogP contribution in [0.25, 0.3) is 0 Å². The number of piperidine rings is 1. The van der Waals surface area contributed by atoms with Gasteiger partial charge in [-0.1, -0.05) is 18.6 Å². The molecule has 1 saturated heterocycles. The van der Waals surface area contributed by atoms with E-state index < -0.39 is 0 Å². The number of carbonyl (C=O) groups excluding carboxylic acids is 2. The molecule has 0 bridgehead atoms. The standard InChI is InChI=1S/C18H27N3O2.ClH/c1-12-6-7-16(15(9-12)18(23)19-3)21-17(22)10-13(2)14-5-4-8-20-11-14;/h6-7,9,13-14,20H,4-5,8,10-11H2,1-3H3,(H,19,23)(H,21,22);1H. The smallest absolute Gasteiger partial charge is 0.253 e. The Kier molecular flexibility index (Phi) is 8.22. The third-order valence-corrected chi connectivity index (χ3v) is 4.57. The van der Waals surface area contributed by atoms with Gasteiger partial charge in [0.25, 0.3) is 5.91 Å². The van der Waals surface area contributed by atoms with E-state index in [0.29, 0.717) is 29.5 Å². The lowest BCUT2D eigenvalue weighted by Crippen LogP contribution is -2.34. The Morgan fingerprint density at radius 1 is 1.38 bits per heavy atom. The molecule has 1 aliphatic rings. The number of hydrogen-bond acceptors (Lipinski definition) is 3. The van der Waals surface area contributed by atoms with Gasteiger partial charge in [-0.15, -0.1) is 12.4 Å². The number of carbonyl (C=O) groups is 2. The van der Waals surface area contributed by atoms with Gasteiger partial charge in [0.2, 0.25) is 5.91 Å². The highest BCUT2D eigenvalue weighted by Gasteiger charge is 2.22. The summed E-state index contributed by atoms with van der Waals surface area (Å²) in [4.78, 5) is 24.3. The van der Waals surface area contributed by atoms with Crippen LogP contribution in [0.5, 0.6) is 0 Å². The van der Waals surface area contributed by atoms with Gasteiger partial charge in [0.1, 0.15) is 0 Å². The zero-order valence-electron chi connectivity index (χ0n) is 14.6. The van der Waals surface area contributed by atoms with E-state index in [2.05, 4.69) is 22.9 Å². The van der Waals surface area contributed by atoms with Crippen LogP contribution >= 0.6 is 12.4 Å². The van der Waals surface area contributed by atoms with E-state index in [4.69, 9.17) is 0 Å². The number of rotatable bonds is 5. The summed E-state index contributed by atoms with van der Waals surface area (Å²) < 4.78 is 0. The molecule has 2 rings (SSSR count). The van der Waals surface area contributed by atoms with Crippen molar-refractivity contribution in [1.82, 2.24) is 10.6 Å². The first-order valence-corrected chi connectivity index (χ1v) is 8.34. The molecule has 0 aliphatic carbocycles. The van der Waals surface area contributed by atoms with Crippen LogP contribution in [0.1, 0.15) is 42.1 Å². The first-order valence-electron chi connectivity index (χ1n) is 8.34. The molecule has 1 aliphatic heterocycles. The van der Waals surface area contributed by atoms with Gasteiger partial charge in [-0.3, -0.25) is 9.59 Å². The maximum Gasteiger partial charge on any atom is 0.253 e. The molecule has 1 fully saturated rings. The van der Waals surface area contributed by atoms with Crippen molar-refractivity contribution in [3.63, 3.8) is 0 Å². The van der Waals surface area contributed by atoms with Crippen molar-refractivity contribution >= 4 is 29.9 Å². The topological polar surface area (TPSA) is 70.2 Å². The van der Waals surface area contributed by atoms with Crippen LogP contribution in [0.15, 0.2) is 18.2 Å². The summed E-state index contributed by atoms with van der Waals surface area (Å²) in [7, 11) is 1.59. The number of nitrogens with one attached hydrogen (secondary N) is 3. The van der Waals surface area contributed by atoms with E-state index in [-0.39, 0.29) is 24.2 Å². The van der Waals surface area contributed by atoms with Gasteiger partial charge in [0.05, 0.1) is 11.3 Å². The molecule has 6 heteroatoms. The van der Waals surface area contributed by atoms with Crippen molar-refractivity contribution in [3.05, 3.63) is 29.3 Å². The number of halogens is 1. The first kappa shape index (κ1) is 20.5. The third kappa shape index (κ3) is 5.49. The molecule has 2 atom stereocenters. The molecule has 1 heterocycles. The molecule has 2 unspecified atom stereocenters. The van der Waals surface area contributed by atoms with Gasteiger partial charge in [0.15, 0.2) is 0 Å². The average molecular weight is 354 g/mol. The van der Waals surface area contributed by atoms with Crippen molar-refractivity contribution in [3.8, 4) is 0 Å². The Labute approximate surface area is 150 Å². The minimum Gasteiger partial charge on any atom is -0.355 e. The summed E-state index contributed by atoms with van der Waals surface area (Å²) in [5.74, 6) is 0.660. The Balaban J connectivity index is 0.00000288. The Hall–Kier alpha value is -1.59. The Bertz CT molecular complexity index is 571. The van der Waals surface area contributed by atoms with Gasteiger partial charge in [0, 0.05) is 13.5 Å². The van der Waals surface area contributed by atoms with Crippen LogP contribution in [0, 0.1) is 18.8 Å². The van der Waals surface area contributed by atoms with Crippen molar-refractivity contribution in [1.29, 1.82) is 0 Å². The summed E-state index contributed by atoms with van der Waals surface area (Å²) in [5.41, 5.74) is 2.07. The maximum atomic E-state index is 12.4. The van der Waals surface area contributed by atoms with Gasteiger partial charge in [-0.05, 0) is 56.8 Å². The van der Waals surface area contributed by atoms with E-state index in [1.807, 2.05) is 13.0 Å². The minimum atomic E-state index is -0.187. The maximum absolute atomic E-state index is 12.4. The lowest BCUT2D eigenvalue weighted by atomic mass is 9.85. The zero-order valence-corrected chi connectivity index (χ0v) is 15.5. The van der Waals surface area contributed by atoms with Crippen molar-refractivity contribution in [2.75, 3.05) is 25.5 Å². The number of aryl methyl sites for hydroxylation is 1. The minimum absolute atomic E-state index is 0. The van der Waals surface area contributed by atoms with Crippen LogP contribution in [-0.2, 0) is 4.79 Å². The quantitative estimate of drug-likeness (QED) is 0.762. The highest BCUT2D eigenvalue weighted by Crippen LogP contribution is 2.24. The number of amides is 2. The normalized spacial score (nSPS) is 18.2. The van der Waals surface area contributed by atoms with E-state index in [0.717, 1.165) is 18.7 Å². The van der Waals surface area contributed by atoms with E-state index >= 15 is 0 Å². The van der Waals surface area contributed by atoms with Gasteiger partial charge in [-0.2, -0.15) is 0 Å². The molecule has 0 radical (unpaired) electrons. The summed E-state index contributed by atoms with van der Waals surface area (Å²) in [5, 5.41) is 8.91. The Morgan fingerprint density at radius 3 is 2.75 bits per heavy atom. The zero-order chi connectivity index (χ0) is 16.8. The number of benzene rings is 1. The van der Waals surface area contributed by atoms with Crippen molar-refractivity contribution < 1.29 is 9.59 Å². The summed E-state index contributed by atoms with van der Waals surface area (Å²) in [6.45, 7) is 6.12. The molecule has 1 aromatic rings. The molecule has 24 heavy (non-hydrogen) atoms. The van der Waals surface area contributed by atoms with Crippen molar-refractivity contribution in [2.24, 2.45) is 11.8 Å². The van der Waals surface area contributed by atoms with Crippen LogP contribution < -0.4 is 16.0 Å². The third-order valence-electron chi connectivity index (χ3n) is 4.57. The monoisotopic (exact) mass is 353 g/mol. The highest BCUT2D eigenvalue weighted by atomic mass is 35.5. The molecule has 134 valence electrons. The summed E-state index contributed by atoms with van der Waals surface area (Å²) >= 11 is 0. The molecule has 0 spiro atoms. The van der Waals surface area contributed by atoms with Crippen LogP contribution in [-0.4, -0.2) is 32.0 Å². The summed E-state index contributed by atoms with van der Waals surface area (Å²) in [6.07, 6.45) is 2.83. The van der Waals surface area contributed by atoms with E-state index in [9.17, 15) is 9.59 Å². The van der Waals surface area contributed by atoms with Gasteiger partial charge >= 0.3 is 0 Å². The second kappa shape index (κ2) is 9.64. The fourth-order valence-corrected chi connectivity index (χ4v) is 3.11. The lowest BCUT2D eigenvalue weighted by molar-refractivity contribution is -0.117. The molecule has 0 aromatic heterocycles. The van der Waals surface area contributed by atoms with Gasteiger partial charge < -0.3 is 16.0 Å². The molecule has 1 aromatic carbocycles. The van der Waals surface area contributed by atoms with E-state index in [1.165, 1.54) is 12.8 Å². The average Bonchev–Trinajstić information content (AvgIpc) is 2.56. The van der Waals surface area contributed by atoms with Crippen LogP contribution in [0.3, 0.4) is 0 Å². The lowest BCUT2D eigenvalue weighted by Gasteiger charge is -2.28. The predicted octanol–water partition coefficient (Wildman–Crippen LogP) is 2.74. The fourth-order valence-electron chi connectivity index (χ4n) is 3.11. The number of hydrogen-bond donors (Lipinski definition) is 3. The SMILES string of the molecule is CNC(=O)c1cc(C)ccc1NC(=O)CC(C)C1CCCNC1.Cl. The fraction of sp³-hybridized carbons (Fsp3) is 0.556. The first-order chi connectivity index (χ1) is 11.0. The predicted molar refractivity (Wildman–Crippen MR) is 99.8 cm³/mol. The van der Waals surface area contributed by atoms with Gasteiger partial charge in [-0.25, -0.2) is 0 Å². The molecular formula is C18H28ClN3O2. The Morgan fingerprint density at radius 2 is 2.12 bits per heavy atom. The second-order valence-electron chi connectivity index (χ2n) is 6.46. The largest absolute Gasteiger partial charge is 0.355 e. The summed E-state index contributed by atoms with van der Waals surface area (Å²) in [6, 6.07) is 5.49. The molecule has 0 saturated carbocycles. The second-order valence-corrected chi connectivity index (χ2v) is 6.46. The molecular weight excluding hydrogens is 326 g/mol. The van der Waals surface area contributed by atoms with Crippen molar-refractivity contribution in [2.45, 2.75) is 33.1 Å². The molecule has 3 N–H and O–H groups in total. The highest BCUT2D eigenvalue weighted by molar-refractivity contribution is 6.03. The van der Waals surface area contributed by atoms with E-state index in [1.54, 1.807) is 19.2 Å². The molecule has 2 amide bonds. The molecule has 5 nitrogen and oxygen atoms in total. The van der Waals surface area contributed by atoms with Crippen LogP contribution in [0.2, 0.25) is 0 Å².